The molecule has 0 aliphatic rings. The van der Waals surface area contributed by atoms with Crippen LogP contribution < -0.4 is 4.74 Å². The molecular formula is C31H30N4O3. The van der Waals surface area contributed by atoms with Crippen molar-refractivity contribution in [3.05, 3.63) is 83.8 Å². The Morgan fingerprint density at radius 3 is 2.50 bits per heavy atom. The average molecular weight is 507 g/mol. The van der Waals surface area contributed by atoms with Crippen molar-refractivity contribution in [2.45, 2.75) is 52.1 Å². The van der Waals surface area contributed by atoms with E-state index in [1.165, 1.54) is 6.33 Å². The van der Waals surface area contributed by atoms with Crippen molar-refractivity contribution < 1.29 is 14.3 Å². The number of aromatic nitrogens is 3. The summed E-state index contributed by atoms with van der Waals surface area (Å²) < 4.78 is 12.9. The predicted octanol–water partition coefficient (Wildman–Crippen LogP) is 5.84. The Morgan fingerprint density at radius 2 is 1.84 bits per heavy atom. The van der Waals surface area contributed by atoms with Gasteiger partial charge in [0, 0.05) is 17.3 Å². The van der Waals surface area contributed by atoms with E-state index in [2.05, 4.69) is 34.1 Å². The Hall–Kier alpha value is -4.62. The number of hydrogen-bond donors (Lipinski definition) is 0. The molecule has 0 saturated heterocycles. The number of hydrogen-bond acceptors (Lipinski definition) is 6. The van der Waals surface area contributed by atoms with Gasteiger partial charge in [0.2, 0.25) is 0 Å². The van der Waals surface area contributed by atoms with Crippen LogP contribution in [0.15, 0.2) is 67.1 Å². The first kappa shape index (κ1) is 26.4. The highest BCUT2D eigenvalue weighted by molar-refractivity contribution is 5.71. The maximum atomic E-state index is 12.0. The molecule has 7 nitrogen and oxygen atoms in total. The van der Waals surface area contributed by atoms with E-state index < -0.39 is 5.41 Å². The highest BCUT2D eigenvalue weighted by Crippen LogP contribution is 2.28. The van der Waals surface area contributed by atoms with Gasteiger partial charge in [0.15, 0.2) is 5.65 Å². The maximum absolute atomic E-state index is 12.0. The second kappa shape index (κ2) is 11.6. The van der Waals surface area contributed by atoms with E-state index in [9.17, 15) is 10.1 Å². The molecule has 0 aliphatic heterocycles. The lowest BCUT2D eigenvalue weighted by atomic mass is 9.85. The van der Waals surface area contributed by atoms with Gasteiger partial charge in [-0.2, -0.15) is 10.4 Å². The molecule has 0 fully saturated rings. The van der Waals surface area contributed by atoms with E-state index in [1.54, 1.807) is 18.4 Å². The summed E-state index contributed by atoms with van der Waals surface area (Å²) in [6.07, 6.45) is 3.67. The van der Waals surface area contributed by atoms with Gasteiger partial charge in [-0.1, -0.05) is 42.3 Å². The normalized spacial score (nSPS) is 11.8. The summed E-state index contributed by atoms with van der Waals surface area (Å²) >= 11 is 0. The quantitative estimate of drug-likeness (QED) is 0.209. The third-order valence-electron chi connectivity index (χ3n) is 6.34. The van der Waals surface area contributed by atoms with Gasteiger partial charge in [-0.25, -0.2) is 9.50 Å². The zero-order valence-corrected chi connectivity index (χ0v) is 22.1. The number of pyridine rings is 1. The van der Waals surface area contributed by atoms with Crippen molar-refractivity contribution >= 4 is 11.6 Å². The smallest absolute Gasteiger partial charge is 0.307 e. The molecule has 7 heteroatoms. The Bertz CT molecular complexity index is 1520. The molecule has 0 saturated carbocycles. The summed E-state index contributed by atoms with van der Waals surface area (Å²) in [5.74, 6) is 6.20. The zero-order chi connectivity index (χ0) is 27.1. The van der Waals surface area contributed by atoms with E-state index in [0.717, 1.165) is 33.5 Å². The summed E-state index contributed by atoms with van der Waals surface area (Å²) in [7, 11) is 0. The molecule has 0 aliphatic carbocycles. The molecule has 0 N–H and O–H groups in total. The Labute approximate surface area is 223 Å². The van der Waals surface area contributed by atoms with Crippen molar-refractivity contribution in [3.63, 3.8) is 0 Å². The molecule has 192 valence electrons. The van der Waals surface area contributed by atoms with Crippen LogP contribution in [-0.2, 0) is 21.6 Å². The highest BCUT2D eigenvalue weighted by atomic mass is 16.5. The van der Waals surface area contributed by atoms with Crippen LogP contribution in [0, 0.1) is 23.2 Å². The fraction of sp³-hybridized carbons (Fsp3) is 0.290. The van der Waals surface area contributed by atoms with Crippen LogP contribution in [0.1, 0.15) is 56.7 Å². The Kier molecular flexibility index (Phi) is 8.09. The molecule has 38 heavy (non-hydrogen) atoms. The number of nitrogens with zero attached hydrogens (tertiary/aromatic N) is 4. The summed E-state index contributed by atoms with van der Waals surface area (Å²) in [5, 5.41) is 13.8. The second-order valence-corrected chi connectivity index (χ2v) is 9.41. The van der Waals surface area contributed by atoms with Crippen molar-refractivity contribution in [2.75, 3.05) is 6.61 Å². The standard InChI is InChI=1S/C31H30N4O3/c1-5-7-24(17-29(36)37-6-2)22-10-14-28(15-11-22)38-19-26-16-25(18-35-30(26)33-21-34-35)23-8-12-27(13-9-23)31(3,4)20-32/h8-16,18,21,24H,6,17,19H2,1-4H3. The molecule has 2 heterocycles. The van der Waals surface area contributed by atoms with Crippen LogP contribution in [0.25, 0.3) is 16.8 Å². The first-order valence-electron chi connectivity index (χ1n) is 12.5. The Balaban J connectivity index is 1.52. The molecule has 4 rings (SSSR count). The lowest BCUT2D eigenvalue weighted by Gasteiger charge is -2.16. The minimum Gasteiger partial charge on any atom is -0.489 e. The monoisotopic (exact) mass is 506 g/mol. The van der Waals surface area contributed by atoms with Gasteiger partial charge in [0.25, 0.3) is 0 Å². The third-order valence-corrected chi connectivity index (χ3v) is 6.34. The van der Waals surface area contributed by atoms with Gasteiger partial charge >= 0.3 is 5.97 Å². The molecule has 2 aromatic heterocycles. The summed E-state index contributed by atoms with van der Waals surface area (Å²) in [6.45, 7) is 8.02. The summed E-state index contributed by atoms with van der Waals surface area (Å²) in [5.41, 5.74) is 4.94. The zero-order valence-electron chi connectivity index (χ0n) is 22.1. The van der Waals surface area contributed by atoms with Crippen LogP contribution in [0.3, 0.4) is 0 Å². The van der Waals surface area contributed by atoms with Crippen molar-refractivity contribution in [1.82, 2.24) is 14.6 Å². The maximum Gasteiger partial charge on any atom is 0.307 e. The van der Waals surface area contributed by atoms with Gasteiger partial charge in [0.05, 0.1) is 30.4 Å². The third kappa shape index (κ3) is 6.02. The van der Waals surface area contributed by atoms with E-state index in [4.69, 9.17) is 9.47 Å². The molecule has 1 atom stereocenters. The summed E-state index contributed by atoms with van der Waals surface area (Å²) in [6, 6.07) is 20.0. The number of carbonyl (C=O) groups excluding carboxylic acids is 1. The molecule has 2 aromatic carbocycles. The van der Waals surface area contributed by atoms with Crippen LogP contribution in [0.4, 0.5) is 0 Å². The summed E-state index contributed by atoms with van der Waals surface area (Å²) in [4.78, 5) is 16.4. The van der Waals surface area contributed by atoms with E-state index >= 15 is 0 Å². The second-order valence-electron chi connectivity index (χ2n) is 9.41. The number of nitriles is 1. The van der Waals surface area contributed by atoms with E-state index in [1.807, 2.05) is 68.6 Å². The fourth-order valence-electron chi connectivity index (χ4n) is 4.17. The molecule has 1 unspecified atom stereocenters. The largest absolute Gasteiger partial charge is 0.489 e. The molecule has 0 amide bonds. The SMILES string of the molecule is CC#CC(CC(=O)OCC)c1ccc(OCc2cc(-c3ccc(C(C)(C)C#N)cc3)cn3ncnc23)cc1. The molecule has 0 bridgehead atoms. The molecule has 0 radical (unpaired) electrons. The number of esters is 1. The molecule has 4 aromatic rings. The predicted molar refractivity (Wildman–Crippen MR) is 145 cm³/mol. The van der Waals surface area contributed by atoms with Crippen LogP contribution in [0.2, 0.25) is 0 Å². The molecular weight excluding hydrogens is 476 g/mol. The van der Waals surface area contributed by atoms with Crippen LogP contribution in [0.5, 0.6) is 5.75 Å². The van der Waals surface area contributed by atoms with Gasteiger partial charge in [-0.05, 0) is 62.6 Å². The minimum atomic E-state index is -0.551. The lowest BCUT2D eigenvalue weighted by molar-refractivity contribution is -0.143. The first-order valence-corrected chi connectivity index (χ1v) is 12.5. The van der Waals surface area contributed by atoms with Crippen LogP contribution >= 0.6 is 0 Å². The average Bonchev–Trinajstić information content (AvgIpc) is 3.41. The van der Waals surface area contributed by atoms with Gasteiger partial charge < -0.3 is 9.47 Å². The van der Waals surface area contributed by atoms with Crippen molar-refractivity contribution in [3.8, 4) is 34.8 Å². The lowest BCUT2D eigenvalue weighted by Crippen LogP contribution is -2.13. The van der Waals surface area contributed by atoms with Gasteiger partial charge in [-0.3, -0.25) is 4.79 Å². The topological polar surface area (TPSA) is 89.5 Å². The molecule has 0 spiro atoms. The van der Waals surface area contributed by atoms with Crippen LogP contribution in [-0.4, -0.2) is 27.2 Å². The van der Waals surface area contributed by atoms with Crippen molar-refractivity contribution in [2.24, 2.45) is 0 Å². The minimum absolute atomic E-state index is 0.210. The number of rotatable bonds is 9. The van der Waals surface area contributed by atoms with E-state index in [0.29, 0.717) is 19.0 Å². The van der Waals surface area contributed by atoms with Gasteiger partial charge in [0.1, 0.15) is 18.7 Å². The number of benzene rings is 2. The number of fused-ring (bicyclic) bond motifs is 1. The Morgan fingerprint density at radius 1 is 1.11 bits per heavy atom. The first-order chi connectivity index (χ1) is 18.3. The number of carbonyl (C=O) groups is 1. The highest BCUT2D eigenvalue weighted by Gasteiger charge is 2.20. The van der Waals surface area contributed by atoms with Gasteiger partial charge in [-0.15, -0.1) is 5.92 Å². The number of ether oxygens (including phenoxy) is 2. The van der Waals surface area contributed by atoms with E-state index in [-0.39, 0.29) is 18.3 Å². The van der Waals surface area contributed by atoms with Crippen molar-refractivity contribution in [1.29, 1.82) is 5.26 Å². The fourth-order valence-corrected chi connectivity index (χ4v) is 4.17.